The summed E-state index contributed by atoms with van der Waals surface area (Å²) in [6.45, 7) is 3.07. The quantitative estimate of drug-likeness (QED) is 0.883. The van der Waals surface area contributed by atoms with Gasteiger partial charge in [0, 0.05) is 20.0 Å². The monoisotopic (exact) mass is 364 g/mol. The van der Waals surface area contributed by atoms with Crippen molar-refractivity contribution in [1.29, 1.82) is 0 Å². The highest BCUT2D eigenvalue weighted by atomic mass is 16.4. The second-order valence-corrected chi connectivity index (χ2v) is 7.50. The lowest BCUT2D eigenvalue weighted by Gasteiger charge is -2.43. The number of carboxylic acid groups (broad SMARTS) is 1. The molecule has 0 spiro atoms. The van der Waals surface area contributed by atoms with E-state index in [1.807, 2.05) is 53.4 Å². The van der Waals surface area contributed by atoms with Crippen molar-refractivity contribution in [2.24, 2.45) is 5.92 Å². The minimum absolute atomic E-state index is 0.0251. The number of carbonyl (C=O) groups excluding carboxylic acids is 1. The first-order valence-corrected chi connectivity index (χ1v) is 9.47. The first-order chi connectivity index (χ1) is 13.0. The third kappa shape index (κ3) is 3.54. The van der Waals surface area contributed by atoms with Gasteiger partial charge in [-0.2, -0.15) is 0 Å². The summed E-state index contributed by atoms with van der Waals surface area (Å²) < 4.78 is 0. The molecule has 0 aromatic heterocycles. The lowest BCUT2D eigenvalue weighted by Crippen LogP contribution is -2.52. The molecule has 2 aromatic rings. The Labute approximate surface area is 159 Å². The minimum Gasteiger partial charge on any atom is -0.481 e. The summed E-state index contributed by atoms with van der Waals surface area (Å²) in [5.74, 6) is -0.176. The van der Waals surface area contributed by atoms with Crippen molar-refractivity contribution < 1.29 is 14.7 Å². The summed E-state index contributed by atoms with van der Waals surface area (Å²) in [6, 6.07) is 15.9. The maximum Gasteiger partial charge on any atom is 0.307 e. The molecular weight excluding hydrogens is 340 g/mol. The van der Waals surface area contributed by atoms with E-state index < -0.39 is 5.97 Å². The Morgan fingerprint density at radius 3 is 2.26 bits per heavy atom. The molecular formula is C22H24N2O3. The number of hydrogen-bond donors (Lipinski definition) is 1. The van der Waals surface area contributed by atoms with Crippen molar-refractivity contribution in [2.75, 3.05) is 16.3 Å². The SMILES string of the molecule is CC(=O)N1c2ccccc2N(Cc2ccccc2CC(=O)O)CC1C1CC1. The lowest BCUT2D eigenvalue weighted by molar-refractivity contribution is -0.136. The average Bonchev–Trinajstić information content (AvgIpc) is 3.47. The van der Waals surface area contributed by atoms with Crippen LogP contribution in [0.3, 0.4) is 0 Å². The van der Waals surface area contributed by atoms with Crippen LogP contribution in [-0.2, 0) is 22.6 Å². The van der Waals surface area contributed by atoms with Gasteiger partial charge < -0.3 is 14.9 Å². The molecule has 1 fully saturated rings. The number of rotatable bonds is 5. The number of fused-ring (bicyclic) bond motifs is 1. The van der Waals surface area contributed by atoms with Crippen molar-refractivity contribution in [1.82, 2.24) is 0 Å². The van der Waals surface area contributed by atoms with Crippen LogP contribution >= 0.6 is 0 Å². The molecule has 2 aromatic carbocycles. The molecule has 1 heterocycles. The van der Waals surface area contributed by atoms with Crippen molar-refractivity contribution in [2.45, 2.75) is 38.8 Å². The maximum atomic E-state index is 12.4. The van der Waals surface area contributed by atoms with Crippen LogP contribution in [0, 0.1) is 5.92 Å². The molecule has 1 unspecified atom stereocenters. The van der Waals surface area contributed by atoms with Crippen molar-refractivity contribution in [3.8, 4) is 0 Å². The van der Waals surface area contributed by atoms with E-state index in [1.54, 1.807) is 6.92 Å². The first-order valence-electron chi connectivity index (χ1n) is 9.47. The highest BCUT2D eigenvalue weighted by Crippen LogP contribution is 2.44. The topological polar surface area (TPSA) is 60.9 Å². The molecule has 140 valence electrons. The Kier molecular flexibility index (Phi) is 4.60. The normalized spacial score (nSPS) is 18.9. The van der Waals surface area contributed by atoms with Crippen LogP contribution in [0.2, 0.25) is 0 Å². The number of nitrogens with zero attached hydrogens (tertiary/aromatic N) is 2. The van der Waals surface area contributed by atoms with Gasteiger partial charge in [0.25, 0.3) is 0 Å². The van der Waals surface area contributed by atoms with E-state index in [0.717, 1.165) is 29.0 Å². The summed E-state index contributed by atoms with van der Waals surface area (Å²) >= 11 is 0. The lowest BCUT2D eigenvalue weighted by atomic mass is 9.99. The van der Waals surface area contributed by atoms with Crippen LogP contribution in [0.1, 0.15) is 30.9 Å². The van der Waals surface area contributed by atoms with Gasteiger partial charge in [0.05, 0.1) is 23.8 Å². The molecule has 1 N–H and O–H groups in total. The molecule has 1 saturated carbocycles. The number of aliphatic carboxylic acids is 1. The molecule has 2 aliphatic rings. The highest BCUT2D eigenvalue weighted by molar-refractivity contribution is 5.97. The zero-order valence-corrected chi connectivity index (χ0v) is 15.5. The Bertz CT molecular complexity index is 875. The van der Waals surface area contributed by atoms with E-state index in [4.69, 9.17) is 0 Å². The molecule has 1 aliphatic carbocycles. The van der Waals surface area contributed by atoms with E-state index in [9.17, 15) is 14.7 Å². The fourth-order valence-electron chi connectivity index (χ4n) is 4.17. The molecule has 1 atom stereocenters. The summed E-state index contributed by atoms with van der Waals surface area (Å²) in [7, 11) is 0. The second kappa shape index (κ2) is 7.06. The number of para-hydroxylation sites is 2. The molecule has 1 amide bonds. The Balaban J connectivity index is 1.70. The number of anilines is 2. The summed E-state index contributed by atoms with van der Waals surface area (Å²) in [5.41, 5.74) is 3.87. The average molecular weight is 364 g/mol. The van der Waals surface area contributed by atoms with Crippen LogP contribution in [0.15, 0.2) is 48.5 Å². The van der Waals surface area contributed by atoms with Crippen LogP contribution in [-0.4, -0.2) is 29.6 Å². The van der Waals surface area contributed by atoms with Gasteiger partial charge >= 0.3 is 5.97 Å². The number of carboxylic acids is 1. The van der Waals surface area contributed by atoms with Crippen LogP contribution in [0.5, 0.6) is 0 Å². The summed E-state index contributed by atoms with van der Waals surface area (Å²) in [6.07, 6.45) is 2.36. The molecule has 0 saturated heterocycles. The summed E-state index contributed by atoms with van der Waals surface area (Å²) in [5, 5.41) is 9.22. The third-order valence-corrected chi connectivity index (χ3v) is 5.55. The predicted molar refractivity (Wildman–Crippen MR) is 105 cm³/mol. The van der Waals surface area contributed by atoms with Gasteiger partial charge in [-0.05, 0) is 42.0 Å². The first kappa shape index (κ1) is 17.6. The van der Waals surface area contributed by atoms with E-state index in [1.165, 1.54) is 12.8 Å². The second-order valence-electron chi connectivity index (χ2n) is 7.50. The van der Waals surface area contributed by atoms with Gasteiger partial charge in [0.15, 0.2) is 0 Å². The van der Waals surface area contributed by atoms with E-state index in [2.05, 4.69) is 4.90 Å². The van der Waals surface area contributed by atoms with Crippen LogP contribution < -0.4 is 9.80 Å². The van der Waals surface area contributed by atoms with E-state index in [-0.39, 0.29) is 18.4 Å². The molecule has 1 aliphatic heterocycles. The number of carbonyl (C=O) groups is 2. The Morgan fingerprint density at radius 1 is 1.00 bits per heavy atom. The van der Waals surface area contributed by atoms with E-state index in [0.29, 0.717) is 12.5 Å². The predicted octanol–water partition coefficient (Wildman–Crippen LogP) is 3.47. The van der Waals surface area contributed by atoms with Gasteiger partial charge in [0.2, 0.25) is 5.91 Å². The highest BCUT2D eigenvalue weighted by Gasteiger charge is 2.42. The number of hydrogen-bond acceptors (Lipinski definition) is 3. The van der Waals surface area contributed by atoms with Crippen molar-refractivity contribution in [3.63, 3.8) is 0 Å². The van der Waals surface area contributed by atoms with Gasteiger partial charge in [-0.1, -0.05) is 36.4 Å². The third-order valence-electron chi connectivity index (χ3n) is 5.55. The van der Waals surface area contributed by atoms with Gasteiger partial charge in [-0.15, -0.1) is 0 Å². The van der Waals surface area contributed by atoms with Crippen molar-refractivity contribution >= 4 is 23.3 Å². The Morgan fingerprint density at radius 2 is 1.63 bits per heavy atom. The van der Waals surface area contributed by atoms with Gasteiger partial charge in [-0.3, -0.25) is 9.59 Å². The summed E-state index contributed by atoms with van der Waals surface area (Å²) in [4.78, 5) is 27.9. The zero-order chi connectivity index (χ0) is 19.0. The fraction of sp³-hybridized carbons (Fsp3) is 0.364. The minimum atomic E-state index is -0.819. The smallest absolute Gasteiger partial charge is 0.307 e. The molecule has 5 nitrogen and oxygen atoms in total. The fourth-order valence-corrected chi connectivity index (χ4v) is 4.17. The van der Waals surface area contributed by atoms with Gasteiger partial charge in [-0.25, -0.2) is 0 Å². The van der Waals surface area contributed by atoms with E-state index >= 15 is 0 Å². The number of amides is 1. The molecule has 27 heavy (non-hydrogen) atoms. The van der Waals surface area contributed by atoms with Crippen LogP contribution in [0.25, 0.3) is 0 Å². The Hall–Kier alpha value is -2.82. The zero-order valence-electron chi connectivity index (χ0n) is 15.5. The molecule has 5 heteroatoms. The number of benzene rings is 2. The van der Waals surface area contributed by atoms with Crippen LogP contribution in [0.4, 0.5) is 11.4 Å². The largest absolute Gasteiger partial charge is 0.481 e. The molecule has 4 rings (SSSR count). The standard InChI is InChI=1S/C22H24N2O3/c1-15(25)24-20-9-5-4-8-19(20)23(14-21(24)16-10-11-16)13-18-7-3-2-6-17(18)12-22(26)27/h2-9,16,21H,10-14H2,1H3,(H,26,27). The van der Waals surface area contributed by atoms with Gasteiger partial charge in [0.1, 0.15) is 0 Å². The molecule has 0 radical (unpaired) electrons. The van der Waals surface area contributed by atoms with Crippen molar-refractivity contribution in [3.05, 3.63) is 59.7 Å². The maximum absolute atomic E-state index is 12.4. The molecule has 0 bridgehead atoms.